The Balaban J connectivity index is 4.83. The molecule has 0 unspecified atom stereocenters. The van der Waals surface area contributed by atoms with Crippen LogP contribution in [0.5, 0.6) is 0 Å². The summed E-state index contributed by atoms with van der Waals surface area (Å²) in [4.78, 5) is 11.2. The van der Waals surface area contributed by atoms with E-state index in [0.717, 1.165) is 6.54 Å². The average Bonchev–Trinajstić information content (AvgIpc) is 2.14. The minimum atomic E-state index is -1.86. The number of nitrogens with two attached hydrogens (primary N) is 1. The molecule has 18 heavy (non-hydrogen) atoms. The molecule has 0 spiro atoms. The van der Waals surface area contributed by atoms with Crippen molar-refractivity contribution in [3.05, 3.63) is 0 Å². The summed E-state index contributed by atoms with van der Waals surface area (Å²) in [5, 5.41) is 3.27. The summed E-state index contributed by atoms with van der Waals surface area (Å²) in [7, 11) is 0.0447. The number of hydrogen-bond donors (Lipinski definition) is 2. The number of amides is 1. The fraction of sp³-hybridized carbons (Fsp3) is 0.923. The minimum absolute atomic E-state index is 0.0872. The summed E-state index contributed by atoms with van der Waals surface area (Å²) in [6, 6.07) is 0. The number of carbonyl (C=O) groups is 1. The molecule has 0 fully saturated rings. The first kappa shape index (κ1) is 17.6. The minimum Gasteiger partial charge on any atom is -0.413 e. The molecule has 0 aliphatic carbocycles. The largest absolute Gasteiger partial charge is 0.413 e. The van der Waals surface area contributed by atoms with Crippen LogP contribution in [0, 0.1) is 5.92 Å². The summed E-state index contributed by atoms with van der Waals surface area (Å²) in [6.45, 7) is 13.9. The summed E-state index contributed by atoms with van der Waals surface area (Å²) < 4.78 is 6.33. The molecule has 0 aliphatic heterocycles. The van der Waals surface area contributed by atoms with E-state index in [1.54, 1.807) is 0 Å². The molecule has 0 saturated carbocycles. The molecule has 0 aromatic carbocycles. The highest BCUT2D eigenvalue weighted by molar-refractivity contribution is 6.74. The monoisotopic (exact) mass is 274 g/mol. The second kappa shape index (κ2) is 6.68. The van der Waals surface area contributed by atoms with Crippen LogP contribution < -0.4 is 11.1 Å². The molecular formula is C13H30N2O2Si. The van der Waals surface area contributed by atoms with Crippen molar-refractivity contribution in [2.24, 2.45) is 11.7 Å². The Morgan fingerprint density at radius 1 is 1.39 bits per heavy atom. The molecule has 0 aromatic rings. The van der Waals surface area contributed by atoms with Gasteiger partial charge in [-0.2, -0.15) is 0 Å². The quantitative estimate of drug-likeness (QED) is 0.699. The van der Waals surface area contributed by atoms with Gasteiger partial charge in [0, 0.05) is 0 Å². The Bertz CT molecular complexity index is 275. The Hall–Kier alpha value is -0.393. The zero-order valence-corrected chi connectivity index (χ0v) is 14.0. The lowest BCUT2D eigenvalue weighted by molar-refractivity contribution is -0.120. The summed E-state index contributed by atoms with van der Waals surface area (Å²) in [6.07, 6.45) is 0.214. The van der Waals surface area contributed by atoms with Crippen molar-refractivity contribution in [3.8, 4) is 0 Å². The Kier molecular flexibility index (Phi) is 6.53. The van der Waals surface area contributed by atoms with E-state index in [1.807, 2.05) is 7.05 Å². The van der Waals surface area contributed by atoms with Crippen LogP contribution >= 0.6 is 0 Å². The van der Waals surface area contributed by atoms with Crippen LogP contribution in [0.1, 0.15) is 34.1 Å². The number of primary amides is 1. The van der Waals surface area contributed by atoms with E-state index < -0.39 is 8.32 Å². The van der Waals surface area contributed by atoms with Crippen LogP contribution in [0.3, 0.4) is 0 Å². The predicted octanol–water partition coefficient (Wildman–Crippen LogP) is 2.11. The maximum atomic E-state index is 11.2. The molecule has 0 aliphatic rings. The highest BCUT2D eigenvalue weighted by Gasteiger charge is 2.40. The number of carbonyl (C=O) groups excluding carboxylic acids is 1. The molecular weight excluding hydrogens is 244 g/mol. The molecule has 0 radical (unpaired) electrons. The van der Waals surface area contributed by atoms with Crippen LogP contribution in [0.4, 0.5) is 0 Å². The standard InChI is InChI=1S/C13H30N2O2Si/c1-10(9-15-5)11(8-12(14)16)17-18(6,7)13(2,3)4/h10-11,15H,8-9H2,1-7H3,(H2,14,16)/t10-,11+/m1/s1. The van der Waals surface area contributed by atoms with E-state index >= 15 is 0 Å². The third-order valence-corrected chi connectivity index (χ3v) is 8.32. The van der Waals surface area contributed by atoms with Crippen molar-refractivity contribution in [1.82, 2.24) is 5.32 Å². The molecule has 5 heteroatoms. The fourth-order valence-corrected chi connectivity index (χ4v) is 2.99. The van der Waals surface area contributed by atoms with Gasteiger partial charge in [0.05, 0.1) is 12.5 Å². The van der Waals surface area contributed by atoms with Gasteiger partial charge in [-0.3, -0.25) is 4.79 Å². The van der Waals surface area contributed by atoms with Crippen LogP contribution in [-0.4, -0.2) is 33.9 Å². The lowest BCUT2D eigenvalue weighted by atomic mass is 10.0. The van der Waals surface area contributed by atoms with Gasteiger partial charge in [0.25, 0.3) is 0 Å². The van der Waals surface area contributed by atoms with Crippen LogP contribution in [-0.2, 0) is 9.22 Å². The van der Waals surface area contributed by atoms with Crippen molar-refractivity contribution in [3.63, 3.8) is 0 Å². The molecule has 3 N–H and O–H groups in total. The number of hydrogen-bond acceptors (Lipinski definition) is 3. The zero-order valence-electron chi connectivity index (χ0n) is 13.0. The van der Waals surface area contributed by atoms with Gasteiger partial charge in [-0.15, -0.1) is 0 Å². The summed E-state index contributed by atoms with van der Waals surface area (Å²) in [5.74, 6) is -0.0155. The van der Waals surface area contributed by atoms with Gasteiger partial charge in [0.15, 0.2) is 8.32 Å². The molecule has 2 atom stereocenters. The van der Waals surface area contributed by atoms with E-state index in [4.69, 9.17) is 10.2 Å². The first-order valence-electron chi connectivity index (χ1n) is 6.62. The predicted molar refractivity (Wildman–Crippen MR) is 79.0 cm³/mol. The lowest BCUT2D eigenvalue weighted by Crippen LogP contribution is -2.47. The van der Waals surface area contributed by atoms with Gasteiger partial charge in [-0.25, -0.2) is 0 Å². The molecule has 1 amide bonds. The Morgan fingerprint density at radius 2 is 1.89 bits per heavy atom. The fourth-order valence-electron chi connectivity index (χ4n) is 1.57. The Labute approximate surface area is 113 Å². The Morgan fingerprint density at radius 3 is 2.22 bits per heavy atom. The summed E-state index contributed by atoms with van der Waals surface area (Å²) >= 11 is 0. The number of nitrogens with one attached hydrogen (secondary N) is 1. The van der Waals surface area contributed by atoms with Crippen molar-refractivity contribution >= 4 is 14.2 Å². The topological polar surface area (TPSA) is 64.3 Å². The van der Waals surface area contributed by atoms with Gasteiger partial charge in [-0.1, -0.05) is 27.7 Å². The van der Waals surface area contributed by atoms with Crippen molar-refractivity contribution in [1.29, 1.82) is 0 Å². The molecule has 4 nitrogen and oxygen atoms in total. The van der Waals surface area contributed by atoms with E-state index in [-0.39, 0.29) is 23.0 Å². The molecule has 0 heterocycles. The maximum absolute atomic E-state index is 11.2. The normalized spacial score (nSPS) is 16.4. The van der Waals surface area contributed by atoms with Crippen molar-refractivity contribution in [2.45, 2.75) is 58.4 Å². The first-order chi connectivity index (χ1) is 8.01. The van der Waals surface area contributed by atoms with Gasteiger partial charge in [0.2, 0.25) is 5.91 Å². The van der Waals surface area contributed by atoms with Crippen LogP contribution in [0.25, 0.3) is 0 Å². The van der Waals surface area contributed by atoms with Gasteiger partial charge < -0.3 is 15.5 Å². The maximum Gasteiger partial charge on any atom is 0.219 e. The third-order valence-electron chi connectivity index (χ3n) is 3.82. The molecule has 0 bridgehead atoms. The molecule has 0 aromatic heterocycles. The smallest absolute Gasteiger partial charge is 0.219 e. The van der Waals surface area contributed by atoms with Crippen molar-refractivity contribution < 1.29 is 9.22 Å². The molecule has 0 rings (SSSR count). The molecule has 108 valence electrons. The SMILES string of the molecule is CNC[C@@H](C)[C@H](CC(N)=O)O[Si](C)(C)C(C)(C)C. The summed E-state index contributed by atoms with van der Waals surface area (Å²) in [5.41, 5.74) is 5.33. The molecule has 0 saturated heterocycles. The van der Waals surface area contributed by atoms with Crippen LogP contribution in [0.2, 0.25) is 18.1 Å². The lowest BCUT2D eigenvalue weighted by Gasteiger charge is -2.40. The highest BCUT2D eigenvalue weighted by atomic mass is 28.4. The van der Waals surface area contributed by atoms with Gasteiger partial charge in [0.1, 0.15) is 0 Å². The second-order valence-electron chi connectivity index (χ2n) is 6.62. The van der Waals surface area contributed by atoms with Crippen LogP contribution in [0.15, 0.2) is 0 Å². The van der Waals surface area contributed by atoms with E-state index in [0.29, 0.717) is 6.42 Å². The number of rotatable bonds is 7. The third kappa shape index (κ3) is 5.50. The highest BCUT2D eigenvalue weighted by Crippen LogP contribution is 2.38. The van der Waals surface area contributed by atoms with E-state index in [1.165, 1.54) is 0 Å². The van der Waals surface area contributed by atoms with Gasteiger partial charge in [-0.05, 0) is 37.6 Å². The van der Waals surface area contributed by atoms with E-state index in [9.17, 15) is 4.79 Å². The zero-order chi connectivity index (χ0) is 14.6. The second-order valence-corrected chi connectivity index (χ2v) is 11.4. The van der Waals surface area contributed by atoms with Crippen molar-refractivity contribution in [2.75, 3.05) is 13.6 Å². The van der Waals surface area contributed by atoms with E-state index in [2.05, 4.69) is 46.1 Å². The average molecular weight is 274 g/mol. The van der Waals surface area contributed by atoms with Gasteiger partial charge >= 0.3 is 0 Å². The first-order valence-corrected chi connectivity index (χ1v) is 9.53.